The van der Waals surface area contributed by atoms with Gasteiger partial charge in [0.2, 0.25) is 0 Å². The van der Waals surface area contributed by atoms with Crippen LogP contribution in [0.25, 0.3) is 75.5 Å². The number of rotatable bonds is 2. The van der Waals surface area contributed by atoms with Gasteiger partial charge in [0, 0.05) is 41.0 Å². The van der Waals surface area contributed by atoms with Crippen molar-refractivity contribution in [1.29, 1.82) is 0 Å². The summed E-state index contributed by atoms with van der Waals surface area (Å²) in [5.41, 5.74) is 13.8. The van der Waals surface area contributed by atoms with Gasteiger partial charge in [-0.3, -0.25) is 4.90 Å². The molecule has 0 saturated heterocycles. The highest BCUT2D eigenvalue weighted by atomic mass is 15.3. The minimum atomic E-state index is 0.0227. The standard InChI is InChI=1S/C59H40BN3/c1-35-23-29-53-51(31-35)57-59(61(53)3)63(38-26-28-48-44-18-7-5-14-40(44)42-16-9-11-20-46(42)50(48)34-38)56-22-12-21-55-58(56)60(57)52-32-36(2)24-30-54(52)62(55)37-25-27-47-43-17-6-4-13-39(43)41-15-8-10-19-45(41)49(47)33-37/h4-34H,1-3H3. The van der Waals surface area contributed by atoms with Crippen molar-refractivity contribution in [2.24, 2.45) is 7.05 Å². The number of fused-ring (bicyclic) bond motifs is 18. The molecule has 12 aromatic rings. The van der Waals surface area contributed by atoms with E-state index < -0.39 is 0 Å². The summed E-state index contributed by atoms with van der Waals surface area (Å²) in [6.45, 7) is 4.49. The molecular formula is C59H40BN3. The molecule has 0 radical (unpaired) electrons. The Morgan fingerprint density at radius 3 is 1.32 bits per heavy atom. The van der Waals surface area contributed by atoms with Gasteiger partial charge in [-0.1, -0.05) is 151 Å². The third-order valence-electron chi connectivity index (χ3n) is 14.4. The van der Waals surface area contributed by atoms with Crippen LogP contribution < -0.4 is 26.2 Å². The third-order valence-corrected chi connectivity index (χ3v) is 14.4. The molecule has 2 aliphatic rings. The highest BCUT2D eigenvalue weighted by molar-refractivity contribution is 7.01. The highest BCUT2D eigenvalue weighted by Crippen LogP contribution is 2.48. The van der Waals surface area contributed by atoms with Crippen LogP contribution in [0.3, 0.4) is 0 Å². The summed E-state index contributed by atoms with van der Waals surface area (Å²) in [6, 6.07) is 71.0. The summed E-state index contributed by atoms with van der Waals surface area (Å²) in [5.74, 6) is 1.22. The van der Waals surface area contributed by atoms with Gasteiger partial charge in [0.15, 0.2) is 0 Å². The molecule has 14 rings (SSSR count). The quantitative estimate of drug-likeness (QED) is 0.127. The van der Waals surface area contributed by atoms with E-state index in [0.717, 1.165) is 11.4 Å². The van der Waals surface area contributed by atoms with E-state index in [1.807, 2.05) is 0 Å². The number of hydrogen-bond donors (Lipinski definition) is 0. The first-order chi connectivity index (χ1) is 31.0. The fourth-order valence-electron chi connectivity index (χ4n) is 11.8. The molecule has 0 atom stereocenters. The molecule has 63 heavy (non-hydrogen) atoms. The molecule has 0 N–H and O–H groups in total. The molecule has 3 heterocycles. The van der Waals surface area contributed by atoms with Crippen molar-refractivity contribution >= 4 is 133 Å². The van der Waals surface area contributed by atoms with E-state index in [1.54, 1.807) is 0 Å². The van der Waals surface area contributed by atoms with Gasteiger partial charge in [0.1, 0.15) is 5.82 Å². The Labute approximate surface area is 365 Å². The lowest BCUT2D eigenvalue weighted by atomic mass is 9.33. The fraction of sp³-hybridized carbons (Fsp3) is 0.0508. The lowest BCUT2D eigenvalue weighted by molar-refractivity contribution is 0.951. The number of benzene rings is 11. The Kier molecular flexibility index (Phi) is 6.98. The summed E-state index contributed by atoms with van der Waals surface area (Å²) < 4.78 is 2.45. The molecule has 0 spiro atoms. The van der Waals surface area contributed by atoms with Crippen molar-refractivity contribution in [2.75, 3.05) is 9.80 Å². The van der Waals surface area contributed by atoms with E-state index >= 15 is 0 Å². The maximum Gasteiger partial charge on any atom is 0.255 e. The number of aryl methyl sites for hydroxylation is 3. The zero-order chi connectivity index (χ0) is 41.7. The van der Waals surface area contributed by atoms with Gasteiger partial charge in [-0.05, 0) is 149 Å². The van der Waals surface area contributed by atoms with E-state index in [1.165, 1.54) is 126 Å². The zero-order valence-corrected chi connectivity index (χ0v) is 35.3. The van der Waals surface area contributed by atoms with Crippen molar-refractivity contribution in [3.8, 4) is 0 Å². The summed E-state index contributed by atoms with van der Waals surface area (Å²) in [5, 5.41) is 16.7. The smallest absolute Gasteiger partial charge is 0.255 e. The third kappa shape index (κ3) is 4.65. The van der Waals surface area contributed by atoms with Crippen molar-refractivity contribution in [3.63, 3.8) is 0 Å². The zero-order valence-electron chi connectivity index (χ0n) is 35.3. The summed E-state index contributed by atoms with van der Waals surface area (Å²) in [4.78, 5) is 5.12. The largest absolute Gasteiger partial charge is 0.330 e. The number of nitrogens with zero attached hydrogens (tertiary/aromatic N) is 3. The van der Waals surface area contributed by atoms with Gasteiger partial charge in [-0.25, -0.2) is 0 Å². The van der Waals surface area contributed by atoms with Crippen LogP contribution in [-0.2, 0) is 7.05 Å². The van der Waals surface area contributed by atoms with Gasteiger partial charge >= 0.3 is 0 Å². The number of hydrogen-bond acceptors (Lipinski definition) is 2. The van der Waals surface area contributed by atoms with Crippen LogP contribution in [0.15, 0.2) is 188 Å². The molecule has 0 saturated carbocycles. The topological polar surface area (TPSA) is 11.4 Å². The molecule has 0 unspecified atom stereocenters. The second kappa shape index (κ2) is 12.6. The fourth-order valence-corrected chi connectivity index (χ4v) is 11.8. The minimum Gasteiger partial charge on any atom is -0.330 e. The lowest BCUT2D eigenvalue weighted by Crippen LogP contribution is -2.61. The van der Waals surface area contributed by atoms with Crippen LogP contribution in [0.1, 0.15) is 11.1 Å². The Morgan fingerprint density at radius 2 is 0.778 bits per heavy atom. The van der Waals surface area contributed by atoms with Crippen LogP contribution in [0.4, 0.5) is 34.3 Å². The van der Waals surface area contributed by atoms with E-state index in [9.17, 15) is 0 Å². The Hall–Kier alpha value is -7.82. The predicted molar refractivity (Wildman–Crippen MR) is 271 cm³/mol. The maximum atomic E-state index is 2.57. The normalized spacial score (nSPS) is 13.2. The van der Waals surface area contributed by atoms with Crippen LogP contribution in [0.2, 0.25) is 0 Å². The van der Waals surface area contributed by atoms with Crippen molar-refractivity contribution in [2.45, 2.75) is 13.8 Å². The van der Waals surface area contributed by atoms with E-state index in [0.29, 0.717) is 0 Å². The molecular weight excluding hydrogens is 761 g/mol. The SMILES string of the molecule is Cc1ccc2c(c1)B1c3c(cccc3N(c3ccc4c5ccccc5c5ccccc5c4c3)c3c1c1cc(C)ccc1n3C)N2c1ccc2c3ccccc3c3ccccc3c2c1. The molecule has 1 aromatic heterocycles. The summed E-state index contributed by atoms with van der Waals surface area (Å²) >= 11 is 0. The lowest BCUT2D eigenvalue weighted by Gasteiger charge is -2.43. The number of anilines is 6. The number of aromatic nitrogens is 1. The molecule has 11 aromatic carbocycles. The van der Waals surface area contributed by atoms with Crippen LogP contribution in [0.5, 0.6) is 0 Å². The molecule has 0 fully saturated rings. The first-order valence-corrected chi connectivity index (χ1v) is 22.1. The highest BCUT2D eigenvalue weighted by Gasteiger charge is 2.45. The van der Waals surface area contributed by atoms with Gasteiger partial charge in [0.25, 0.3) is 6.71 Å². The Morgan fingerprint density at radius 1 is 0.333 bits per heavy atom. The van der Waals surface area contributed by atoms with Gasteiger partial charge in [0.05, 0.1) is 0 Å². The molecule has 0 bridgehead atoms. The molecule has 0 aliphatic carbocycles. The Balaban J connectivity index is 1.08. The second-order valence-electron chi connectivity index (χ2n) is 17.8. The summed E-state index contributed by atoms with van der Waals surface area (Å²) in [7, 11) is 2.26. The van der Waals surface area contributed by atoms with Crippen LogP contribution >= 0.6 is 0 Å². The minimum absolute atomic E-state index is 0.0227. The molecule has 0 amide bonds. The van der Waals surface area contributed by atoms with Gasteiger partial charge in [-0.15, -0.1) is 0 Å². The molecule has 294 valence electrons. The average Bonchev–Trinajstić information content (AvgIpc) is 3.61. The van der Waals surface area contributed by atoms with E-state index in [-0.39, 0.29) is 6.71 Å². The van der Waals surface area contributed by atoms with Crippen molar-refractivity contribution < 1.29 is 0 Å². The average molecular weight is 802 g/mol. The molecule has 4 heteroatoms. The van der Waals surface area contributed by atoms with E-state index in [2.05, 4.69) is 223 Å². The van der Waals surface area contributed by atoms with Gasteiger partial charge in [-0.2, -0.15) is 0 Å². The first-order valence-electron chi connectivity index (χ1n) is 22.1. The van der Waals surface area contributed by atoms with Crippen LogP contribution in [0, 0.1) is 13.8 Å². The van der Waals surface area contributed by atoms with Crippen LogP contribution in [-0.4, -0.2) is 11.3 Å². The maximum absolute atomic E-state index is 2.57. The second-order valence-corrected chi connectivity index (χ2v) is 17.8. The van der Waals surface area contributed by atoms with Gasteiger partial charge < -0.3 is 9.47 Å². The predicted octanol–water partition coefficient (Wildman–Crippen LogP) is 13.8. The monoisotopic (exact) mass is 801 g/mol. The molecule has 3 nitrogen and oxygen atoms in total. The van der Waals surface area contributed by atoms with E-state index in [4.69, 9.17) is 0 Å². The first kappa shape index (κ1) is 34.8. The summed E-state index contributed by atoms with van der Waals surface area (Å²) in [6.07, 6.45) is 0. The van der Waals surface area contributed by atoms with Crippen molar-refractivity contribution in [3.05, 3.63) is 199 Å². The molecule has 2 aliphatic heterocycles. The Bertz CT molecular complexity index is 3920. The van der Waals surface area contributed by atoms with Crippen molar-refractivity contribution in [1.82, 2.24) is 4.57 Å².